The third-order valence-corrected chi connectivity index (χ3v) is 6.73. The Balaban J connectivity index is 0.000000123. The van der Waals surface area contributed by atoms with Gasteiger partial charge in [-0.25, -0.2) is 0 Å². The van der Waals surface area contributed by atoms with Crippen molar-refractivity contribution in [3.8, 4) is 33.8 Å². The van der Waals surface area contributed by atoms with E-state index >= 15 is 0 Å². The minimum atomic E-state index is 0. The fraction of sp³-hybridized carbons (Fsp3) is 0. The van der Waals surface area contributed by atoms with E-state index in [-0.39, 0.29) is 25.8 Å². The van der Waals surface area contributed by atoms with Gasteiger partial charge in [0.1, 0.15) is 0 Å². The minimum Gasteiger partial charge on any atom is -0.499 e. The molecular formula is C38H28HfO2-2. The topological polar surface area (TPSA) is 26.3 Å². The van der Waals surface area contributed by atoms with Gasteiger partial charge in [-0.1, -0.05) is 120 Å². The number of fused-ring (bicyclic) bond motifs is 2. The summed E-state index contributed by atoms with van der Waals surface area (Å²) >= 11 is 0. The summed E-state index contributed by atoms with van der Waals surface area (Å²) in [5.41, 5.74) is 4.85. The second-order valence-corrected chi connectivity index (χ2v) is 9.43. The van der Waals surface area contributed by atoms with Gasteiger partial charge >= 0.3 is 0 Å². The Hall–Kier alpha value is -4.47. The molecular weight excluding hydrogens is 667 g/mol. The summed E-state index contributed by atoms with van der Waals surface area (Å²) < 4.78 is 10.7. The number of rotatable bonds is 3. The van der Waals surface area contributed by atoms with E-state index in [0.717, 1.165) is 22.6 Å². The minimum absolute atomic E-state index is 0. The molecule has 0 aliphatic heterocycles. The molecule has 0 bridgehead atoms. The predicted octanol–water partition coefficient (Wildman–Crippen LogP) is 11.0. The van der Waals surface area contributed by atoms with Crippen molar-refractivity contribution in [2.75, 3.05) is 0 Å². The summed E-state index contributed by atoms with van der Waals surface area (Å²) in [6.45, 7) is 0. The van der Waals surface area contributed by atoms with Crippen molar-refractivity contribution in [1.29, 1.82) is 0 Å². The van der Waals surface area contributed by atoms with Crippen LogP contribution in [0.15, 0.2) is 179 Å². The van der Waals surface area contributed by atoms with Crippen LogP contribution in [0, 0.1) is 0 Å². The Morgan fingerprint density at radius 2 is 0.780 bits per heavy atom. The van der Waals surface area contributed by atoms with Crippen molar-refractivity contribution in [1.82, 2.24) is 0 Å². The number of benzene rings is 4. The van der Waals surface area contributed by atoms with E-state index in [2.05, 4.69) is 97.1 Å². The average molecular weight is 695 g/mol. The maximum Gasteiger partial charge on any atom is 0.0796 e. The quantitative estimate of drug-likeness (QED) is 0.136. The van der Waals surface area contributed by atoms with Crippen LogP contribution in [-0.4, -0.2) is 0 Å². The summed E-state index contributed by atoms with van der Waals surface area (Å²) in [7, 11) is 0. The molecule has 41 heavy (non-hydrogen) atoms. The molecule has 6 aromatic carbocycles. The molecule has 0 fully saturated rings. The molecule has 2 nitrogen and oxygen atoms in total. The molecule has 0 aliphatic carbocycles. The van der Waals surface area contributed by atoms with Crippen molar-refractivity contribution in [3.63, 3.8) is 0 Å². The smallest absolute Gasteiger partial charge is 0.0796 e. The first-order valence-electron chi connectivity index (χ1n) is 13.3. The molecule has 0 aliphatic rings. The van der Waals surface area contributed by atoms with Crippen LogP contribution in [0.3, 0.4) is 0 Å². The molecule has 0 saturated heterocycles. The molecule has 0 unspecified atom stereocenters. The van der Waals surface area contributed by atoms with Crippen LogP contribution in [0.2, 0.25) is 0 Å². The summed E-state index contributed by atoms with van der Waals surface area (Å²) in [6.07, 6.45) is 3.40. The molecule has 0 saturated carbocycles. The third kappa shape index (κ3) is 7.00. The number of hydrogen-bond acceptors (Lipinski definition) is 2. The fourth-order valence-electron chi connectivity index (χ4n) is 4.73. The van der Waals surface area contributed by atoms with Crippen LogP contribution in [-0.2, 0) is 25.8 Å². The van der Waals surface area contributed by atoms with Gasteiger partial charge in [-0.15, -0.1) is 57.9 Å². The Morgan fingerprint density at radius 3 is 1.15 bits per heavy atom. The van der Waals surface area contributed by atoms with Gasteiger partial charge < -0.3 is 8.83 Å². The zero-order valence-electron chi connectivity index (χ0n) is 22.5. The van der Waals surface area contributed by atoms with E-state index in [0.29, 0.717) is 0 Å². The molecule has 0 amide bonds. The summed E-state index contributed by atoms with van der Waals surface area (Å²) in [6, 6.07) is 53.8. The Labute approximate surface area is 259 Å². The summed E-state index contributed by atoms with van der Waals surface area (Å²) in [5.74, 6) is 1.86. The van der Waals surface area contributed by atoms with E-state index in [1.807, 2.05) is 60.7 Å². The maximum absolute atomic E-state index is 5.35. The SMILES string of the molecule is [Hf].c1ccc(-c2ccccc2)cc1.c1coc(-c2cc3ccccc3[cH-]2)c1.c1coc(-c2cc3ccccc3[cH-]2)c1. The van der Waals surface area contributed by atoms with Crippen LogP contribution < -0.4 is 0 Å². The van der Waals surface area contributed by atoms with Gasteiger partial charge in [-0.2, -0.15) is 0 Å². The van der Waals surface area contributed by atoms with Crippen LogP contribution in [0.5, 0.6) is 0 Å². The molecule has 3 heteroatoms. The molecule has 0 radical (unpaired) electrons. The van der Waals surface area contributed by atoms with Gasteiger partial charge in [-0.3, -0.25) is 0 Å². The monoisotopic (exact) mass is 696 g/mol. The Morgan fingerprint density at radius 1 is 0.390 bits per heavy atom. The van der Waals surface area contributed by atoms with Crippen LogP contribution >= 0.6 is 0 Å². The normalized spacial score (nSPS) is 10.2. The van der Waals surface area contributed by atoms with Gasteiger partial charge in [-0.05, 0) is 23.3 Å². The van der Waals surface area contributed by atoms with Crippen LogP contribution in [0.4, 0.5) is 0 Å². The van der Waals surface area contributed by atoms with Crippen molar-refractivity contribution in [2.24, 2.45) is 0 Å². The van der Waals surface area contributed by atoms with E-state index < -0.39 is 0 Å². The molecule has 0 spiro atoms. The second-order valence-electron chi connectivity index (χ2n) is 9.43. The third-order valence-electron chi connectivity index (χ3n) is 6.73. The van der Waals surface area contributed by atoms with Crippen molar-refractivity contribution in [3.05, 3.63) is 170 Å². The second kappa shape index (κ2) is 13.7. The van der Waals surface area contributed by atoms with Gasteiger partial charge in [0.2, 0.25) is 0 Å². The first-order chi connectivity index (χ1) is 19.8. The van der Waals surface area contributed by atoms with Gasteiger partial charge in [0.05, 0.1) is 24.0 Å². The van der Waals surface area contributed by atoms with E-state index in [4.69, 9.17) is 8.83 Å². The molecule has 2 heterocycles. The number of hydrogen-bond donors (Lipinski definition) is 0. The predicted molar refractivity (Wildman–Crippen MR) is 166 cm³/mol. The molecule has 0 N–H and O–H groups in total. The van der Waals surface area contributed by atoms with Crippen LogP contribution in [0.1, 0.15) is 0 Å². The Bertz CT molecular complexity index is 1670. The first kappa shape index (κ1) is 28.1. The molecule has 198 valence electrons. The average Bonchev–Trinajstić information content (AvgIpc) is 3.84. The van der Waals surface area contributed by atoms with Crippen molar-refractivity contribution < 1.29 is 34.7 Å². The fourth-order valence-corrected chi connectivity index (χ4v) is 4.73. The summed E-state index contributed by atoms with van der Waals surface area (Å²) in [5, 5.41) is 5.05. The molecule has 8 rings (SSSR count). The van der Waals surface area contributed by atoms with Gasteiger partial charge in [0.25, 0.3) is 0 Å². The molecule has 2 aromatic heterocycles. The summed E-state index contributed by atoms with van der Waals surface area (Å²) in [4.78, 5) is 0. The van der Waals surface area contributed by atoms with E-state index in [1.54, 1.807) is 12.5 Å². The molecule has 8 aromatic rings. The molecule has 0 atom stereocenters. The van der Waals surface area contributed by atoms with Gasteiger partial charge in [0, 0.05) is 25.8 Å². The van der Waals surface area contributed by atoms with Gasteiger partial charge in [0.15, 0.2) is 0 Å². The van der Waals surface area contributed by atoms with Crippen molar-refractivity contribution >= 4 is 21.5 Å². The van der Waals surface area contributed by atoms with E-state index in [9.17, 15) is 0 Å². The first-order valence-corrected chi connectivity index (χ1v) is 13.3. The Kier molecular flexibility index (Phi) is 9.41. The standard InChI is InChI=1S/2C13H9O.C12H10.Hf/c2*1-2-5-11-9-12(8-10(11)4-1)13-6-3-7-14-13;1-3-7-11(8-4-1)12-9-5-2-6-10-12;/h2*1-9H;1-10H;/q2*-1;;. The zero-order chi connectivity index (χ0) is 27.0. The van der Waals surface area contributed by atoms with Crippen molar-refractivity contribution in [2.45, 2.75) is 0 Å². The van der Waals surface area contributed by atoms with Crippen LogP contribution in [0.25, 0.3) is 55.3 Å². The zero-order valence-corrected chi connectivity index (χ0v) is 26.1. The maximum atomic E-state index is 5.35. The van der Waals surface area contributed by atoms with E-state index in [1.165, 1.54) is 32.7 Å². The number of furan rings is 2. The largest absolute Gasteiger partial charge is 0.499 e.